The fraction of sp³-hybridized carbons (Fsp3) is 0.917. The molecule has 7 heteroatoms. The number of hydrogen-bond acceptors (Lipinski definition) is 6. The van der Waals surface area contributed by atoms with Gasteiger partial charge in [-0.2, -0.15) is 0 Å². The molecular formula is C12H21NO6. The second-order valence-corrected chi connectivity index (χ2v) is 4.56. The van der Waals surface area contributed by atoms with E-state index in [-0.39, 0.29) is 32.1 Å². The summed E-state index contributed by atoms with van der Waals surface area (Å²) in [5.41, 5.74) is 0. The molecule has 0 radical (unpaired) electrons. The van der Waals surface area contributed by atoms with Crippen molar-refractivity contribution in [3.8, 4) is 0 Å². The second-order valence-electron chi connectivity index (χ2n) is 4.56. The van der Waals surface area contributed by atoms with Crippen molar-refractivity contribution in [2.45, 2.75) is 37.3 Å². The zero-order valence-electron chi connectivity index (χ0n) is 12.5. The molecule has 0 aromatic carbocycles. The van der Waals surface area contributed by atoms with Crippen molar-refractivity contribution in [3.05, 3.63) is 0 Å². The SMILES string of the molecule is [3H][C@H]1C[C@H](OCC(=O)NC[C@H]2O[C@@H]([3H])C[C@@H]2O)[C@@H](CO)O1. The zero-order chi connectivity index (χ0) is 15.4. The van der Waals surface area contributed by atoms with Crippen LogP contribution in [-0.2, 0) is 19.0 Å². The molecule has 2 aliphatic rings. The smallest absolute Gasteiger partial charge is 0.246 e. The van der Waals surface area contributed by atoms with Crippen LogP contribution in [0.5, 0.6) is 0 Å². The number of aliphatic hydroxyl groups is 2. The lowest BCUT2D eigenvalue weighted by atomic mass is 10.2. The molecule has 0 saturated carbocycles. The molecule has 19 heavy (non-hydrogen) atoms. The fourth-order valence-corrected chi connectivity index (χ4v) is 2.00. The number of ether oxygens (including phenoxy) is 3. The molecule has 0 aromatic rings. The minimum absolute atomic E-state index is 0.115. The van der Waals surface area contributed by atoms with Crippen LogP contribution in [-0.4, -0.2) is 73.5 Å². The van der Waals surface area contributed by atoms with E-state index in [4.69, 9.17) is 22.1 Å². The van der Waals surface area contributed by atoms with E-state index in [2.05, 4.69) is 5.32 Å². The first kappa shape index (κ1) is 12.0. The van der Waals surface area contributed by atoms with E-state index in [1.165, 1.54) is 0 Å². The van der Waals surface area contributed by atoms with E-state index in [9.17, 15) is 9.90 Å². The van der Waals surface area contributed by atoms with E-state index >= 15 is 0 Å². The topological polar surface area (TPSA) is 97.3 Å². The highest BCUT2D eigenvalue weighted by Gasteiger charge is 2.29. The summed E-state index contributed by atoms with van der Waals surface area (Å²) in [4.78, 5) is 11.7. The zero-order valence-corrected chi connectivity index (χ0v) is 10.5. The number of carbonyl (C=O) groups is 1. The number of rotatable bonds is 6. The Bertz CT molecular complexity index is 361. The average molecular weight is 279 g/mol. The molecule has 1 amide bonds. The van der Waals surface area contributed by atoms with Crippen molar-refractivity contribution in [3.63, 3.8) is 0 Å². The van der Waals surface area contributed by atoms with Crippen molar-refractivity contribution < 1.29 is 32.0 Å². The quantitative estimate of drug-likeness (QED) is 0.543. The van der Waals surface area contributed by atoms with Crippen LogP contribution in [0.15, 0.2) is 0 Å². The van der Waals surface area contributed by atoms with Gasteiger partial charge in [-0.15, -0.1) is 0 Å². The van der Waals surface area contributed by atoms with Gasteiger partial charge in [-0.1, -0.05) is 0 Å². The summed E-state index contributed by atoms with van der Waals surface area (Å²) in [6.45, 7) is -1.86. The molecule has 2 aliphatic heterocycles. The van der Waals surface area contributed by atoms with Gasteiger partial charge in [0.05, 0.1) is 21.6 Å². The Morgan fingerprint density at radius 2 is 2.11 bits per heavy atom. The first-order chi connectivity index (χ1) is 9.99. The van der Waals surface area contributed by atoms with E-state index in [0.29, 0.717) is 6.42 Å². The van der Waals surface area contributed by atoms with Crippen LogP contribution in [0.3, 0.4) is 0 Å². The molecule has 6 atom stereocenters. The molecule has 0 aliphatic carbocycles. The molecule has 2 heterocycles. The molecule has 2 saturated heterocycles. The minimum atomic E-state index is -0.756. The Hall–Kier alpha value is -0.730. The largest absolute Gasteiger partial charge is 0.394 e. The third-order valence-electron chi connectivity index (χ3n) is 3.16. The Morgan fingerprint density at radius 1 is 1.37 bits per heavy atom. The molecule has 0 bridgehead atoms. The maximum atomic E-state index is 11.7. The molecule has 7 nitrogen and oxygen atoms in total. The van der Waals surface area contributed by atoms with E-state index in [1.807, 2.05) is 0 Å². The second kappa shape index (κ2) is 7.16. The van der Waals surface area contributed by atoms with Crippen molar-refractivity contribution in [2.24, 2.45) is 0 Å². The van der Waals surface area contributed by atoms with Gasteiger partial charge in [0, 0.05) is 19.7 Å². The standard InChI is InChI=1S/C12H21NO6/c14-6-11-9(2-4-18-11)19-7-12(16)13-5-10-8(15)1-3-17-10/h8-11,14-15H,1-7H2,(H,13,16)/t8-,9-,10+,11+/m0/s1/i3T,4T/t3-,4-,8-,9-,10+,11+. The Labute approximate surface area is 114 Å². The van der Waals surface area contributed by atoms with Gasteiger partial charge in [0.15, 0.2) is 0 Å². The summed E-state index contributed by atoms with van der Waals surface area (Å²) in [6, 6.07) is 0. The van der Waals surface area contributed by atoms with Crippen LogP contribution >= 0.6 is 0 Å². The van der Waals surface area contributed by atoms with Crippen LogP contribution in [0.1, 0.15) is 15.6 Å². The van der Waals surface area contributed by atoms with Crippen LogP contribution in [0, 0.1) is 0 Å². The van der Waals surface area contributed by atoms with Crippen LogP contribution in [0.2, 0.25) is 0 Å². The average Bonchev–Trinajstić information content (AvgIpc) is 2.95. The highest BCUT2D eigenvalue weighted by molar-refractivity contribution is 5.77. The first-order valence-corrected chi connectivity index (χ1v) is 6.32. The summed E-state index contributed by atoms with van der Waals surface area (Å²) >= 11 is 0. The number of aliphatic hydroxyl groups excluding tert-OH is 2. The predicted octanol–water partition coefficient (Wildman–Crippen LogP) is -1.58. The van der Waals surface area contributed by atoms with Gasteiger partial charge in [-0.25, -0.2) is 0 Å². The highest BCUT2D eigenvalue weighted by Crippen LogP contribution is 2.16. The number of hydrogen-bond donors (Lipinski definition) is 3. The number of nitrogens with one attached hydrogen (secondary N) is 1. The summed E-state index contributed by atoms with van der Waals surface area (Å²) < 4.78 is 30.4. The van der Waals surface area contributed by atoms with Gasteiger partial charge < -0.3 is 29.7 Å². The van der Waals surface area contributed by atoms with Crippen LogP contribution in [0.4, 0.5) is 0 Å². The molecule has 2 rings (SSSR count). The molecule has 3 N–H and O–H groups in total. The normalized spacial score (nSPS) is 43.9. The van der Waals surface area contributed by atoms with Gasteiger partial charge in [0.25, 0.3) is 0 Å². The fourth-order valence-electron chi connectivity index (χ4n) is 2.00. The first-order valence-electron chi connectivity index (χ1n) is 7.47. The maximum absolute atomic E-state index is 11.7. The molecule has 0 unspecified atom stereocenters. The summed E-state index contributed by atoms with van der Waals surface area (Å²) in [5.74, 6) is -0.385. The molecule has 0 spiro atoms. The highest BCUT2D eigenvalue weighted by atomic mass is 16.6. The number of amides is 1. The number of carbonyl (C=O) groups excluding carboxylic acids is 1. The van der Waals surface area contributed by atoms with Gasteiger partial charge in [-0.05, 0) is 12.8 Å². The van der Waals surface area contributed by atoms with Crippen LogP contribution in [0.25, 0.3) is 0 Å². The monoisotopic (exact) mass is 279 g/mol. The third kappa shape index (κ3) is 4.12. The van der Waals surface area contributed by atoms with E-state index in [0.717, 1.165) is 0 Å². The predicted molar refractivity (Wildman–Crippen MR) is 64.6 cm³/mol. The van der Waals surface area contributed by atoms with E-state index < -0.39 is 37.6 Å². The van der Waals surface area contributed by atoms with Gasteiger partial charge in [0.1, 0.15) is 18.8 Å². The lowest BCUT2D eigenvalue weighted by Gasteiger charge is -2.18. The van der Waals surface area contributed by atoms with Gasteiger partial charge >= 0.3 is 0 Å². The maximum Gasteiger partial charge on any atom is 0.246 e. The van der Waals surface area contributed by atoms with Gasteiger partial charge in [-0.3, -0.25) is 4.79 Å². The Morgan fingerprint density at radius 3 is 2.79 bits per heavy atom. The van der Waals surface area contributed by atoms with Crippen molar-refractivity contribution in [1.82, 2.24) is 5.32 Å². The minimum Gasteiger partial charge on any atom is -0.394 e. The molecule has 0 aromatic heterocycles. The van der Waals surface area contributed by atoms with Crippen molar-refractivity contribution in [2.75, 3.05) is 32.9 Å². The Kier molecular flexibility index (Phi) is 4.54. The molecule has 2 fully saturated rings. The Balaban J connectivity index is 1.66. The lowest BCUT2D eigenvalue weighted by Crippen LogP contribution is -2.40. The van der Waals surface area contributed by atoms with Gasteiger partial charge in [0.2, 0.25) is 5.91 Å². The van der Waals surface area contributed by atoms with Crippen LogP contribution < -0.4 is 5.32 Å². The summed E-state index contributed by atoms with van der Waals surface area (Å²) in [5, 5.41) is 21.2. The third-order valence-corrected chi connectivity index (χ3v) is 3.16. The van der Waals surface area contributed by atoms with Crippen molar-refractivity contribution in [1.29, 1.82) is 0 Å². The summed E-state index contributed by atoms with van der Waals surface area (Å²) in [6.07, 6.45) is -1.84. The van der Waals surface area contributed by atoms with E-state index in [1.54, 1.807) is 0 Å². The summed E-state index contributed by atoms with van der Waals surface area (Å²) in [7, 11) is 0. The lowest BCUT2D eigenvalue weighted by molar-refractivity contribution is -0.130. The van der Waals surface area contributed by atoms with Crippen molar-refractivity contribution >= 4 is 5.91 Å². The molecular weight excluding hydrogens is 254 g/mol. The molecule has 110 valence electrons.